The van der Waals surface area contributed by atoms with Gasteiger partial charge < -0.3 is 9.52 Å². The van der Waals surface area contributed by atoms with Crippen molar-refractivity contribution in [2.75, 3.05) is 0 Å². The highest BCUT2D eigenvalue weighted by atomic mass is 32.2. The van der Waals surface area contributed by atoms with Gasteiger partial charge in [0.2, 0.25) is 0 Å². The maximum atomic E-state index is 12.0. The number of furan rings is 1. The number of hydrogen-bond donors (Lipinski definition) is 1. The van der Waals surface area contributed by atoms with E-state index in [1.54, 1.807) is 19.1 Å². The second-order valence-corrected chi connectivity index (χ2v) is 5.06. The molecule has 0 aliphatic carbocycles. The predicted molar refractivity (Wildman–Crippen MR) is 70.1 cm³/mol. The Morgan fingerprint density at radius 1 is 1.22 bits per heavy atom. The van der Waals surface area contributed by atoms with Gasteiger partial charge in [0.1, 0.15) is 11.9 Å². The van der Waals surface area contributed by atoms with Gasteiger partial charge in [-0.3, -0.25) is 4.79 Å². The fourth-order valence-corrected chi connectivity index (χ4v) is 2.37. The first-order chi connectivity index (χ1) is 8.68. The summed E-state index contributed by atoms with van der Waals surface area (Å²) in [5, 5.41) is 9.92. The highest BCUT2D eigenvalue weighted by Crippen LogP contribution is 2.29. The van der Waals surface area contributed by atoms with Gasteiger partial charge in [0.05, 0.1) is 12.2 Å². The van der Waals surface area contributed by atoms with E-state index in [1.165, 1.54) is 6.26 Å². The van der Waals surface area contributed by atoms with Crippen molar-refractivity contribution in [3.05, 3.63) is 54.5 Å². The third kappa shape index (κ3) is 3.03. The molecule has 94 valence electrons. The lowest BCUT2D eigenvalue weighted by Crippen LogP contribution is -2.16. The van der Waals surface area contributed by atoms with Gasteiger partial charge in [-0.15, -0.1) is 0 Å². The fraction of sp³-hybridized carbons (Fsp3) is 0.214. The van der Waals surface area contributed by atoms with Crippen LogP contribution in [0.2, 0.25) is 0 Å². The molecule has 1 aromatic carbocycles. The second kappa shape index (κ2) is 5.89. The van der Waals surface area contributed by atoms with Crippen molar-refractivity contribution >= 4 is 16.9 Å². The second-order valence-electron chi connectivity index (χ2n) is 3.98. The van der Waals surface area contributed by atoms with E-state index in [-0.39, 0.29) is 5.12 Å². The molecule has 0 saturated heterocycles. The molecule has 1 aromatic heterocycles. The average Bonchev–Trinajstić information content (AvgIpc) is 2.92. The monoisotopic (exact) mass is 262 g/mol. The first kappa shape index (κ1) is 12.9. The minimum absolute atomic E-state index is 0.0786. The Labute approximate surface area is 110 Å². The van der Waals surface area contributed by atoms with Gasteiger partial charge in [0.25, 0.3) is 0 Å². The SMILES string of the molecule is C[C@H](C(=O)Sc1ccccc1)[C@H](O)c1ccco1. The van der Waals surface area contributed by atoms with Crippen LogP contribution in [-0.4, -0.2) is 10.2 Å². The summed E-state index contributed by atoms with van der Waals surface area (Å²) < 4.78 is 5.11. The zero-order chi connectivity index (χ0) is 13.0. The van der Waals surface area contributed by atoms with Crippen LogP contribution in [0.5, 0.6) is 0 Å². The van der Waals surface area contributed by atoms with Gasteiger partial charge in [0.15, 0.2) is 5.12 Å². The zero-order valence-corrected chi connectivity index (χ0v) is 10.8. The summed E-state index contributed by atoms with van der Waals surface area (Å²) in [7, 11) is 0. The van der Waals surface area contributed by atoms with E-state index in [9.17, 15) is 9.90 Å². The van der Waals surface area contributed by atoms with Crippen molar-refractivity contribution < 1.29 is 14.3 Å². The first-order valence-corrected chi connectivity index (χ1v) is 6.48. The predicted octanol–water partition coefficient (Wildman–Crippen LogP) is 3.27. The van der Waals surface area contributed by atoms with Crippen molar-refractivity contribution in [3.8, 4) is 0 Å². The largest absolute Gasteiger partial charge is 0.467 e. The Kier molecular flexibility index (Phi) is 4.23. The van der Waals surface area contributed by atoms with Crippen LogP contribution in [0.4, 0.5) is 0 Å². The standard InChI is InChI=1S/C14H14O3S/c1-10(13(15)12-8-5-9-17-12)14(16)18-11-6-3-2-4-7-11/h2-10,13,15H,1H3/t10-,13-/m0/s1. The molecule has 2 atom stereocenters. The number of aliphatic hydroxyl groups excluding tert-OH is 1. The van der Waals surface area contributed by atoms with E-state index >= 15 is 0 Å². The highest BCUT2D eigenvalue weighted by molar-refractivity contribution is 8.13. The maximum absolute atomic E-state index is 12.0. The number of carbonyl (C=O) groups excluding carboxylic acids is 1. The summed E-state index contributed by atoms with van der Waals surface area (Å²) in [6.07, 6.45) is 0.587. The van der Waals surface area contributed by atoms with E-state index in [2.05, 4.69) is 0 Å². The minimum Gasteiger partial charge on any atom is -0.467 e. The number of carbonyl (C=O) groups is 1. The van der Waals surface area contributed by atoms with E-state index in [0.717, 1.165) is 16.7 Å². The Morgan fingerprint density at radius 3 is 2.56 bits per heavy atom. The lowest BCUT2D eigenvalue weighted by Gasteiger charge is -2.15. The molecule has 3 nitrogen and oxygen atoms in total. The molecule has 1 heterocycles. The summed E-state index contributed by atoms with van der Waals surface area (Å²) >= 11 is 1.14. The van der Waals surface area contributed by atoms with Crippen molar-refractivity contribution in [3.63, 3.8) is 0 Å². The number of hydrogen-bond acceptors (Lipinski definition) is 4. The normalized spacial score (nSPS) is 14.1. The zero-order valence-electron chi connectivity index (χ0n) is 9.95. The van der Waals surface area contributed by atoms with Crippen LogP contribution >= 0.6 is 11.8 Å². The third-order valence-electron chi connectivity index (χ3n) is 2.64. The van der Waals surface area contributed by atoms with E-state index in [0.29, 0.717) is 5.76 Å². The Bertz CT molecular complexity index is 493. The molecule has 0 radical (unpaired) electrons. The lowest BCUT2D eigenvalue weighted by molar-refractivity contribution is -0.117. The summed E-state index contributed by atoms with van der Waals surface area (Å²) in [6.45, 7) is 1.70. The van der Waals surface area contributed by atoms with Gasteiger partial charge in [-0.2, -0.15) is 0 Å². The van der Waals surface area contributed by atoms with Gasteiger partial charge in [-0.25, -0.2) is 0 Å². The Morgan fingerprint density at radius 2 is 1.94 bits per heavy atom. The molecule has 0 unspecified atom stereocenters. The molecule has 18 heavy (non-hydrogen) atoms. The first-order valence-electron chi connectivity index (χ1n) is 5.66. The van der Waals surface area contributed by atoms with Gasteiger partial charge >= 0.3 is 0 Å². The Hall–Kier alpha value is -1.52. The Balaban J connectivity index is 2.01. The maximum Gasteiger partial charge on any atom is 0.199 e. The number of benzene rings is 1. The lowest BCUT2D eigenvalue weighted by atomic mass is 10.0. The molecule has 0 aliphatic rings. The molecule has 0 aliphatic heterocycles. The molecule has 0 saturated carbocycles. The van der Waals surface area contributed by atoms with E-state index < -0.39 is 12.0 Å². The van der Waals surface area contributed by atoms with Crippen molar-refractivity contribution in [2.24, 2.45) is 5.92 Å². The van der Waals surface area contributed by atoms with Crippen LogP contribution in [0.15, 0.2) is 58.0 Å². The summed E-state index contributed by atoms with van der Waals surface area (Å²) in [4.78, 5) is 12.9. The van der Waals surface area contributed by atoms with Crippen molar-refractivity contribution in [2.45, 2.75) is 17.9 Å². The average molecular weight is 262 g/mol. The van der Waals surface area contributed by atoms with Crippen molar-refractivity contribution in [1.82, 2.24) is 0 Å². The van der Waals surface area contributed by atoms with E-state index in [4.69, 9.17) is 4.42 Å². The molecule has 0 fully saturated rings. The summed E-state index contributed by atoms with van der Waals surface area (Å²) in [5.41, 5.74) is 0. The molecule has 2 rings (SSSR count). The van der Waals surface area contributed by atoms with Gasteiger partial charge in [0, 0.05) is 4.90 Å². The minimum atomic E-state index is -0.899. The quantitative estimate of drug-likeness (QED) is 0.859. The van der Waals surface area contributed by atoms with Crippen molar-refractivity contribution in [1.29, 1.82) is 0 Å². The highest BCUT2D eigenvalue weighted by Gasteiger charge is 2.25. The number of rotatable bonds is 4. The molecular formula is C14H14O3S. The third-order valence-corrected chi connectivity index (χ3v) is 3.72. The molecule has 2 aromatic rings. The number of aliphatic hydroxyl groups is 1. The van der Waals surface area contributed by atoms with E-state index in [1.807, 2.05) is 30.3 Å². The van der Waals surface area contributed by atoms with Crippen LogP contribution in [0, 0.1) is 5.92 Å². The summed E-state index contributed by atoms with van der Waals surface area (Å²) in [5.74, 6) is -0.0918. The topological polar surface area (TPSA) is 50.4 Å². The molecular weight excluding hydrogens is 248 g/mol. The number of thioether (sulfide) groups is 1. The molecule has 4 heteroatoms. The smallest absolute Gasteiger partial charge is 0.199 e. The van der Waals surface area contributed by atoms with Crippen LogP contribution in [0.1, 0.15) is 18.8 Å². The van der Waals surface area contributed by atoms with Crippen LogP contribution in [0.3, 0.4) is 0 Å². The van der Waals surface area contributed by atoms with Crippen LogP contribution < -0.4 is 0 Å². The molecule has 0 spiro atoms. The van der Waals surface area contributed by atoms with Crippen LogP contribution in [0.25, 0.3) is 0 Å². The molecule has 0 bridgehead atoms. The van der Waals surface area contributed by atoms with Gasteiger partial charge in [-0.05, 0) is 24.3 Å². The molecule has 0 amide bonds. The molecule has 1 N–H and O–H groups in total. The van der Waals surface area contributed by atoms with Crippen LogP contribution in [-0.2, 0) is 4.79 Å². The van der Waals surface area contributed by atoms with Gasteiger partial charge in [-0.1, -0.05) is 36.9 Å². The summed E-state index contributed by atoms with van der Waals surface area (Å²) in [6, 6.07) is 12.8. The fourth-order valence-electron chi connectivity index (χ4n) is 1.53.